The largest absolute Gasteiger partial charge is 0.477 e. The number of carbonyl (C=O) groups is 2. The van der Waals surface area contributed by atoms with E-state index in [9.17, 15) is 9.59 Å². The summed E-state index contributed by atoms with van der Waals surface area (Å²) in [5, 5.41) is 11.3. The Morgan fingerprint density at radius 1 is 1.33 bits per heavy atom. The van der Waals surface area contributed by atoms with Gasteiger partial charge in [0, 0.05) is 11.9 Å². The van der Waals surface area contributed by atoms with Gasteiger partial charge in [0.05, 0.1) is 0 Å². The molecular formula is C12H10N2O4. The minimum absolute atomic E-state index is 0.136. The monoisotopic (exact) mass is 246 g/mol. The van der Waals surface area contributed by atoms with Crippen molar-refractivity contribution >= 4 is 17.6 Å². The minimum Gasteiger partial charge on any atom is -0.477 e. The Kier molecular flexibility index (Phi) is 3.09. The van der Waals surface area contributed by atoms with E-state index in [1.807, 2.05) is 0 Å². The summed E-state index contributed by atoms with van der Waals surface area (Å²) in [4.78, 5) is 26.1. The third kappa shape index (κ3) is 2.54. The number of nitrogens with one attached hydrogen (secondary N) is 1. The molecule has 0 saturated carbocycles. The molecule has 2 rings (SSSR count). The van der Waals surface area contributed by atoms with Crippen molar-refractivity contribution in [2.24, 2.45) is 0 Å². The normalized spacial score (nSPS) is 10.1. The van der Waals surface area contributed by atoms with Gasteiger partial charge in [0.1, 0.15) is 11.5 Å². The van der Waals surface area contributed by atoms with Crippen LogP contribution in [-0.4, -0.2) is 22.0 Å². The highest BCUT2D eigenvalue weighted by molar-refractivity contribution is 6.02. The van der Waals surface area contributed by atoms with Crippen molar-refractivity contribution in [2.45, 2.75) is 6.92 Å². The Morgan fingerprint density at radius 2 is 2.11 bits per heavy atom. The smallest absolute Gasteiger partial charge is 0.354 e. The zero-order valence-corrected chi connectivity index (χ0v) is 9.51. The van der Waals surface area contributed by atoms with E-state index in [0.717, 1.165) is 0 Å². The topological polar surface area (TPSA) is 92.4 Å². The molecule has 92 valence electrons. The van der Waals surface area contributed by atoms with Crippen LogP contribution in [0.1, 0.15) is 26.8 Å². The molecule has 0 radical (unpaired) electrons. The van der Waals surface area contributed by atoms with Crippen molar-refractivity contribution in [3.63, 3.8) is 0 Å². The molecule has 0 fully saturated rings. The number of anilines is 1. The predicted octanol–water partition coefficient (Wildman–Crippen LogP) is 1.93. The Labute approximate surface area is 102 Å². The number of aryl methyl sites for hydroxylation is 1. The zero-order valence-electron chi connectivity index (χ0n) is 9.51. The van der Waals surface area contributed by atoms with Crippen LogP contribution in [0.4, 0.5) is 5.69 Å². The fraction of sp³-hybridized carbons (Fsp3) is 0.0833. The first-order valence-electron chi connectivity index (χ1n) is 5.13. The lowest BCUT2D eigenvalue weighted by molar-refractivity contribution is 0.0690. The van der Waals surface area contributed by atoms with E-state index in [4.69, 9.17) is 9.52 Å². The number of nitrogens with zero attached hydrogens (tertiary/aromatic N) is 1. The maximum absolute atomic E-state index is 11.7. The molecule has 0 aliphatic rings. The molecular weight excluding hydrogens is 236 g/mol. The highest BCUT2D eigenvalue weighted by Crippen LogP contribution is 2.12. The number of aromatic nitrogens is 1. The lowest BCUT2D eigenvalue weighted by atomic mass is 10.3. The van der Waals surface area contributed by atoms with E-state index < -0.39 is 11.9 Å². The van der Waals surface area contributed by atoms with E-state index in [-0.39, 0.29) is 11.5 Å². The van der Waals surface area contributed by atoms with E-state index >= 15 is 0 Å². The van der Waals surface area contributed by atoms with Crippen LogP contribution in [0.25, 0.3) is 0 Å². The number of rotatable bonds is 3. The first kappa shape index (κ1) is 11.8. The van der Waals surface area contributed by atoms with Crippen LogP contribution in [0.15, 0.2) is 34.9 Å². The number of hydrogen-bond acceptors (Lipinski definition) is 4. The van der Waals surface area contributed by atoms with Crippen LogP contribution in [0.5, 0.6) is 0 Å². The molecule has 2 aromatic heterocycles. The summed E-state index contributed by atoms with van der Waals surface area (Å²) in [5.41, 5.74) is 0.213. The second kappa shape index (κ2) is 4.70. The number of carbonyl (C=O) groups excluding carboxylic acids is 1. The summed E-state index contributed by atoms with van der Waals surface area (Å²) < 4.78 is 5.15. The molecule has 1 amide bonds. The van der Waals surface area contributed by atoms with Crippen LogP contribution in [-0.2, 0) is 0 Å². The molecule has 18 heavy (non-hydrogen) atoms. The van der Waals surface area contributed by atoms with Crippen LogP contribution < -0.4 is 5.32 Å². The zero-order chi connectivity index (χ0) is 13.1. The van der Waals surface area contributed by atoms with Gasteiger partial charge in [0.25, 0.3) is 5.91 Å². The Hall–Kier alpha value is -2.63. The number of carboxylic acids is 1. The average molecular weight is 246 g/mol. The molecule has 0 atom stereocenters. The Balaban J connectivity index is 2.16. The summed E-state index contributed by atoms with van der Waals surface area (Å²) in [6.07, 6.45) is 1.31. The standard InChI is InChI=1S/C12H10N2O4/c1-7-2-3-10(18-7)11(15)14-8-4-5-13-9(6-8)12(16)17/h2-6H,1H3,(H,16,17)(H,13,14,15). The molecule has 0 aromatic carbocycles. The predicted molar refractivity (Wildman–Crippen MR) is 62.6 cm³/mol. The lowest BCUT2D eigenvalue weighted by Gasteiger charge is -2.03. The van der Waals surface area contributed by atoms with Gasteiger partial charge in [-0.3, -0.25) is 4.79 Å². The third-order valence-corrected chi connectivity index (χ3v) is 2.20. The summed E-state index contributed by atoms with van der Waals surface area (Å²) in [5.74, 6) is -0.798. The highest BCUT2D eigenvalue weighted by Gasteiger charge is 2.11. The van der Waals surface area contributed by atoms with Gasteiger partial charge < -0.3 is 14.8 Å². The van der Waals surface area contributed by atoms with Gasteiger partial charge >= 0.3 is 5.97 Å². The fourth-order valence-corrected chi connectivity index (χ4v) is 1.37. The molecule has 0 spiro atoms. The number of furan rings is 1. The van der Waals surface area contributed by atoms with Gasteiger partial charge in [-0.25, -0.2) is 9.78 Å². The maximum Gasteiger partial charge on any atom is 0.354 e. The molecule has 0 unspecified atom stereocenters. The van der Waals surface area contributed by atoms with Gasteiger partial charge in [-0.05, 0) is 31.2 Å². The molecule has 2 heterocycles. The van der Waals surface area contributed by atoms with Gasteiger partial charge in [-0.2, -0.15) is 0 Å². The molecule has 0 aliphatic heterocycles. The van der Waals surface area contributed by atoms with Crippen molar-refractivity contribution in [3.05, 3.63) is 47.7 Å². The molecule has 0 saturated heterocycles. The summed E-state index contributed by atoms with van der Waals surface area (Å²) in [6.45, 7) is 1.73. The molecule has 2 N–H and O–H groups in total. The van der Waals surface area contributed by atoms with E-state index in [1.54, 1.807) is 19.1 Å². The van der Waals surface area contributed by atoms with Gasteiger partial charge in [0.15, 0.2) is 5.76 Å². The third-order valence-electron chi connectivity index (χ3n) is 2.20. The van der Waals surface area contributed by atoms with E-state index in [2.05, 4.69) is 10.3 Å². The summed E-state index contributed by atoms with van der Waals surface area (Å²) >= 11 is 0. The Morgan fingerprint density at radius 3 is 2.72 bits per heavy atom. The van der Waals surface area contributed by atoms with Crippen LogP contribution in [0, 0.1) is 6.92 Å². The SMILES string of the molecule is Cc1ccc(C(=O)Nc2ccnc(C(=O)O)c2)o1. The second-order valence-electron chi connectivity index (χ2n) is 3.60. The number of pyridine rings is 1. The first-order chi connectivity index (χ1) is 8.56. The number of carboxylic acid groups (broad SMARTS) is 1. The van der Waals surface area contributed by atoms with Crippen LogP contribution in [0.3, 0.4) is 0 Å². The summed E-state index contributed by atoms with van der Waals surface area (Å²) in [7, 11) is 0. The van der Waals surface area contributed by atoms with Crippen molar-refractivity contribution < 1.29 is 19.1 Å². The molecule has 0 bridgehead atoms. The molecule has 6 nitrogen and oxygen atoms in total. The highest BCUT2D eigenvalue weighted by atomic mass is 16.4. The van der Waals surface area contributed by atoms with Gasteiger partial charge in [-0.15, -0.1) is 0 Å². The fourth-order valence-electron chi connectivity index (χ4n) is 1.37. The number of hydrogen-bond donors (Lipinski definition) is 2. The first-order valence-corrected chi connectivity index (χ1v) is 5.13. The summed E-state index contributed by atoms with van der Waals surface area (Å²) in [6, 6.07) is 5.99. The quantitative estimate of drug-likeness (QED) is 0.863. The Bertz CT molecular complexity index is 604. The molecule has 2 aromatic rings. The van der Waals surface area contributed by atoms with Crippen molar-refractivity contribution in [3.8, 4) is 0 Å². The second-order valence-corrected chi connectivity index (χ2v) is 3.60. The number of aromatic carboxylic acids is 1. The van der Waals surface area contributed by atoms with Crippen LogP contribution >= 0.6 is 0 Å². The molecule has 0 aliphatic carbocycles. The van der Waals surface area contributed by atoms with Gasteiger partial charge in [-0.1, -0.05) is 0 Å². The maximum atomic E-state index is 11.7. The van der Waals surface area contributed by atoms with Crippen molar-refractivity contribution in [1.82, 2.24) is 4.98 Å². The van der Waals surface area contributed by atoms with E-state index in [0.29, 0.717) is 11.4 Å². The van der Waals surface area contributed by atoms with Crippen molar-refractivity contribution in [1.29, 1.82) is 0 Å². The van der Waals surface area contributed by atoms with E-state index in [1.165, 1.54) is 18.3 Å². The van der Waals surface area contributed by atoms with Crippen molar-refractivity contribution in [2.75, 3.05) is 5.32 Å². The number of amides is 1. The lowest BCUT2D eigenvalue weighted by Crippen LogP contribution is -2.12. The van der Waals surface area contributed by atoms with Crippen LogP contribution in [0.2, 0.25) is 0 Å². The van der Waals surface area contributed by atoms with Gasteiger partial charge in [0.2, 0.25) is 0 Å². The minimum atomic E-state index is -1.15. The average Bonchev–Trinajstić information content (AvgIpc) is 2.76. The molecule has 6 heteroatoms.